The van der Waals surface area contributed by atoms with E-state index in [0.29, 0.717) is 26.3 Å². The van der Waals surface area contributed by atoms with E-state index >= 15 is 0 Å². The normalized spacial score (nSPS) is 12.9. The molecule has 2 fully saturated rings. The van der Waals surface area contributed by atoms with Crippen LogP contribution >= 0.6 is 41.5 Å². The Labute approximate surface area is 547 Å². The third-order valence-electron chi connectivity index (χ3n) is 12.4. The standard InChI is InChI=1S/C28H28NO2P.C14H20N4.C10H13NO2.C6H5Cl.3C2H4O2.CH3I.CH4.BF4/c29-22-23-21-24(17-18-28(23)30)31-19-10-20-32(25-11-4-1-5-12-25,26-13-6-2-7-14-26)27-15-8-3-9-16-27;1-16-14(10-6-3-7-11-14)18-17-13(12-15)8-4-2-5-9-13;1-2-5-13-9-3-4-10(12)8(6-9)7-11;7-6-4-2-1-3-5-6;3*1-2(3)4;1-2;;2-1(3,4)5/h1-9,11-18,21H,10,19-20,22,29H2;2-11H2;2-4,6,12H,1,5,7,11H2;1-5H;3*1H3,(H,3,4);1H3;1H4;/q;;;;;;;;;-1/p+1. The summed E-state index contributed by atoms with van der Waals surface area (Å²) < 4.78 is 50.4. The fraction of sp³-hybridized carbons (Fsp3) is 0.348. The lowest BCUT2D eigenvalue weighted by molar-refractivity contribution is -0.387. The number of azo groups is 1. The first kappa shape index (κ1) is 84.5. The molecule has 8 rings (SSSR count). The van der Waals surface area contributed by atoms with Crippen molar-refractivity contribution in [1.29, 1.82) is 5.26 Å². The number of alkyl halides is 1. The summed E-state index contributed by atoms with van der Waals surface area (Å²) in [6.45, 7) is 16.1. The van der Waals surface area contributed by atoms with Crippen LogP contribution in [0.25, 0.3) is 4.85 Å². The molecule has 24 heteroatoms. The molecule has 2 aliphatic rings. The number of rotatable bonds is 15. The molecule has 0 unspecified atom stereocenters. The van der Waals surface area contributed by atoms with E-state index in [1.807, 2.05) is 47.4 Å². The Balaban J connectivity index is 0. The van der Waals surface area contributed by atoms with Gasteiger partial charge in [0.2, 0.25) is 0 Å². The summed E-state index contributed by atoms with van der Waals surface area (Å²) in [5, 5.41) is 67.4. The average molecular weight is 1400 g/mol. The highest BCUT2D eigenvalue weighted by atomic mass is 127. The Bertz CT molecular complexity index is 2870. The summed E-state index contributed by atoms with van der Waals surface area (Å²) in [6.07, 6.45) is 13.4. The Hall–Kier alpha value is -7.60. The second-order valence-corrected chi connectivity index (χ2v) is 23.3. The number of carboxylic acid groups (broad SMARTS) is 3. The van der Waals surface area contributed by atoms with Crippen LogP contribution in [0.4, 0.5) is 17.3 Å². The summed E-state index contributed by atoms with van der Waals surface area (Å²) in [5.74, 6) is -0.948. The first-order valence-corrected chi connectivity index (χ1v) is 32.7. The molecule has 0 aromatic heterocycles. The number of hydrogen-bond acceptors (Lipinski definition) is 12. The van der Waals surface area contributed by atoms with Crippen molar-refractivity contribution in [1.82, 2.24) is 0 Å². The highest BCUT2D eigenvalue weighted by molar-refractivity contribution is 14.1. The van der Waals surface area contributed by atoms with Gasteiger partial charge in [-0.15, -0.1) is 5.11 Å². The topological polar surface area (TPSA) is 285 Å². The minimum absolute atomic E-state index is 0. The zero-order valence-electron chi connectivity index (χ0n) is 50.8. The zero-order valence-corrected chi connectivity index (χ0v) is 54.6. The van der Waals surface area contributed by atoms with E-state index in [1.54, 1.807) is 30.3 Å². The van der Waals surface area contributed by atoms with E-state index < -0.39 is 43.6 Å². The molecule has 0 bridgehead atoms. The van der Waals surface area contributed by atoms with Gasteiger partial charge in [-0.25, -0.2) is 6.57 Å². The lowest BCUT2D eigenvalue weighted by atomic mass is 9.84. The van der Waals surface area contributed by atoms with Crippen LogP contribution in [0.15, 0.2) is 181 Å². The molecule has 0 atom stereocenters. The second-order valence-electron chi connectivity index (χ2n) is 19.3. The molecular weight excluding hydrogens is 1320 g/mol. The molecule has 0 radical (unpaired) electrons. The summed E-state index contributed by atoms with van der Waals surface area (Å²) in [4.78, 5) is 32.5. The fourth-order valence-corrected chi connectivity index (χ4v) is 13.0. The average Bonchev–Trinajstić information content (AvgIpc) is 1.49. The molecule has 2 aliphatic carbocycles. The summed E-state index contributed by atoms with van der Waals surface area (Å²) in [7, 11) is -7.83. The van der Waals surface area contributed by atoms with E-state index in [-0.39, 0.29) is 18.9 Å². The highest BCUT2D eigenvalue weighted by Crippen LogP contribution is 2.55. The minimum atomic E-state index is -6.00. The molecule has 0 heterocycles. The number of carbonyl (C=O) groups is 3. The first-order valence-electron chi connectivity index (χ1n) is 28.2. The van der Waals surface area contributed by atoms with Crippen molar-refractivity contribution in [2.45, 2.75) is 123 Å². The number of nitriles is 1. The van der Waals surface area contributed by atoms with Gasteiger partial charge in [0.15, 0.2) is 5.54 Å². The maximum atomic E-state index is 9.90. The van der Waals surface area contributed by atoms with Crippen LogP contribution < -0.4 is 47.1 Å². The molecule has 90 heavy (non-hydrogen) atoms. The largest absolute Gasteiger partial charge is 0.673 e. The van der Waals surface area contributed by atoms with E-state index in [9.17, 15) is 32.7 Å². The number of halogens is 6. The van der Waals surface area contributed by atoms with E-state index in [0.717, 1.165) is 112 Å². The van der Waals surface area contributed by atoms with Gasteiger partial charge < -0.3 is 73.3 Å². The Morgan fingerprint density at radius 1 is 0.700 bits per heavy atom. The Morgan fingerprint density at radius 2 is 1.04 bits per heavy atom. The number of carbonyl (C=O) groups excluding carboxylic acids is 2. The van der Waals surface area contributed by atoms with Crippen LogP contribution in [0.3, 0.4) is 0 Å². The number of phenols is 2. The number of benzene rings is 6. The van der Waals surface area contributed by atoms with Crippen molar-refractivity contribution < 1.29 is 78.1 Å². The van der Waals surface area contributed by atoms with Gasteiger partial charge >= 0.3 is 12.9 Å². The van der Waals surface area contributed by atoms with Crippen LogP contribution in [-0.2, 0) is 27.5 Å². The minimum Gasteiger partial charge on any atom is -0.550 e. The van der Waals surface area contributed by atoms with Gasteiger partial charge in [0, 0.05) is 43.1 Å². The lowest BCUT2D eigenvalue weighted by Gasteiger charge is -2.27. The van der Waals surface area contributed by atoms with Crippen LogP contribution in [-0.4, -0.2) is 76.0 Å². The van der Waals surface area contributed by atoms with Crippen LogP contribution in [0.2, 0.25) is 5.02 Å². The van der Waals surface area contributed by atoms with Crippen LogP contribution in [0.5, 0.6) is 23.0 Å². The molecule has 9 N–H and O–H groups in total. The molecule has 16 nitrogen and oxygen atoms in total. The number of hydrogen-bond donors (Lipinski definition) is 5. The maximum absolute atomic E-state index is 9.90. The molecule has 6 aromatic carbocycles. The van der Waals surface area contributed by atoms with Crippen LogP contribution in [0.1, 0.15) is 110 Å². The van der Waals surface area contributed by atoms with Crippen molar-refractivity contribution in [2.75, 3.05) is 24.3 Å². The summed E-state index contributed by atoms with van der Waals surface area (Å²) in [5.41, 5.74) is 7.89. The Morgan fingerprint density at radius 3 is 1.36 bits per heavy atom. The SMILES string of the molecule is C.C=CCOc1ccc(O)c(C[NH3+])c1.CC(=O)O.CC(=O)[O-].CC(=O)[O-].CI.Clc1ccccc1.F[B-](F)(F)F.[C-]#[N+]C1(N=NC2(C#N)CCCCC2)CCCCC1.[NH3+]Cc1cc(OCCC[P+](c2ccccc2)(c2ccccc2)c2ccccc2)ccc1O. The quantitative estimate of drug-likeness (QED) is 0.00741. The molecule has 0 saturated heterocycles. The van der Waals surface area contributed by atoms with Crippen molar-refractivity contribution in [3.05, 3.63) is 198 Å². The van der Waals surface area contributed by atoms with Gasteiger partial charge in [-0.3, -0.25) is 9.64 Å². The number of carboxylic acids is 3. The number of nitrogens with zero attached hydrogens (tertiary/aromatic N) is 4. The molecule has 0 aliphatic heterocycles. The maximum Gasteiger partial charge on any atom is 0.673 e. The van der Waals surface area contributed by atoms with E-state index in [4.69, 9.17) is 57.3 Å². The van der Waals surface area contributed by atoms with Gasteiger partial charge in [-0.2, -0.15) is 10.4 Å². The molecule has 0 amide bonds. The lowest BCUT2D eigenvalue weighted by Crippen LogP contribution is -2.47. The van der Waals surface area contributed by atoms with Gasteiger partial charge in [0.1, 0.15) is 65.9 Å². The van der Waals surface area contributed by atoms with Crippen LogP contribution in [0, 0.1) is 17.9 Å². The van der Waals surface area contributed by atoms with Crippen molar-refractivity contribution in [3.63, 3.8) is 0 Å². The number of phenolic OH excluding ortho intramolecular Hbond substituents is 2. The van der Waals surface area contributed by atoms with Gasteiger partial charge in [0.25, 0.3) is 5.97 Å². The molecule has 0 spiro atoms. The number of quaternary nitrogens is 2. The number of ether oxygens (including phenoxy) is 2. The smallest absolute Gasteiger partial charge is 0.550 e. The first-order chi connectivity index (χ1) is 42.3. The Kier molecular flexibility index (Phi) is 45.3. The fourth-order valence-electron chi connectivity index (χ4n) is 8.56. The summed E-state index contributed by atoms with van der Waals surface area (Å²) >= 11 is 7.69. The third kappa shape index (κ3) is 36.8. The predicted molar refractivity (Wildman–Crippen MR) is 357 cm³/mol. The van der Waals surface area contributed by atoms with Gasteiger partial charge in [0.05, 0.1) is 30.0 Å². The van der Waals surface area contributed by atoms with Crippen molar-refractivity contribution >= 4 is 82.5 Å². The molecule has 6 aromatic rings. The predicted octanol–water partition coefficient (Wildman–Crippen LogP) is 11.8. The van der Waals surface area contributed by atoms with Gasteiger partial charge in [-0.05, 0) is 142 Å². The molecular formula is C66H86BClF4IN6O10P. The van der Waals surface area contributed by atoms with E-state index in [2.05, 4.69) is 153 Å². The second kappa shape index (κ2) is 48.3. The van der Waals surface area contributed by atoms with Crippen molar-refractivity contribution in [3.8, 4) is 29.1 Å². The highest BCUT2D eigenvalue weighted by Gasteiger charge is 2.45. The third-order valence-corrected chi connectivity index (χ3v) is 17.2. The molecule has 490 valence electrons. The van der Waals surface area contributed by atoms with Gasteiger partial charge in [-0.1, -0.05) is 140 Å². The number of aromatic hydroxyl groups is 2. The summed E-state index contributed by atoms with van der Waals surface area (Å²) in [6, 6.07) is 55.0. The molecule has 2 saturated carbocycles. The van der Waals surface area contributed by atoms with E-state index in [1.165, 1.54) is 28.8 Å². The monoisotopic (exact) mass is 1400 g/mol. The number of aliphatic carboxylic acids is 3. The zero-order chi connectivity index (χ0) is 67.2. The van der Waals surface area contributed by atoms with Crippen molar-refractivity contribution in [2.24, 2.45) is 10.2 Å².